The minimum absolute atomic E-state index is 0.0418. The fourth-order valence-corrected chi connectivity index (χ4v) is 1.69. The summed E-state index contributed by atoms with van der Waals surface area (Å²) in [6.45, 7) is 2.30. The van der Waals surface area contributed by atoms with Gasteiger partial charge in [0.05, 0.1) is 0 Å². The van der Waals surface area contributed by atoms with Crippen molar-refractivity contribution in [2.45, 2.75) is 25.2 Å². The van der Waals surface area contributed by atoms with Crippen LogP contribution in [-0.2, 0) is 10.2 Å². The molecular weight excluding hydrogens is 176 g/mol. The van der Waals surface area contributed by atoms with Crippen molar-refractivity contribution in [2.24, 2.45) is 0 Å². The standard InChI is InChI=1S/C11H14N2O/c1-9(14)13-8-11(4-5-11)10-3-2-6-12-7-10/h2-3,6-7H,4-5,8H2,1H3,(H,13,14). The summed E-state index contributed by atoms with van der Waals surface area (Å²) in [6, 6.07) is 4.03. The predicted octanol–water partition coefficient (Wildman–Crippen LogP) is 1.25. The van der Waals surface area contributed by atoms with E-state index in [9.17, 15) is 4.79 Å². The zero-order valence-corrected chi connectivity index (χ0v) is 8.29. The Labute approximate surface area is 83.5 Å². The number of pyridine rings is 1. The molecule has 1 N–H and O–H groups in total. The number of carbonyl (C=O) groups excluding carboxylic acids is 1. The lowest BCUT2D eigenvalue weighted by Crippen LogP contribution is -2.30. The van der Waals surface area contributed by atoms with Gasteiger partial charge in [0, 0.05) is 31.3 Å². The summed E-state index contributed by atoms with van der Waals surface area (Å²) in [4.78, 5) is 14.9. The number of hydrogen-bond acceptors (Lipinski definition) is 2. The van der Waals surface area contributed by atoms with Crippen LogP contribution in [0.1, 0.15) is 25.3 Å². The summed E-state index contributed by atoms with van der Waals surface area (Å²) in [7, 11) is 0. The third kappa shape index (κ3) is 1.76. The highest BCUT2D eigenvalue weighted by atomic mass is 16.1. The van der Waals surface area contributed by atoms with Crippen LogP contribution >= 0.6 is 0 Å². The van der Waals surface area contributed by atoms with Crippen molar-refractivity contribution in [1.82, 2.24) is 10.3 Å². The van der Waals surface area contributed by atoms with Crippen molar-refractivity contribution in [3.63, 3.8) is 0 Å². The van der Waals surface area contributed by atoms with Gasteiger partial charge in [-0.3, -0.25) is 9.78 Å². The van der Waals surface area contributed by atoms with Gasteiger partial charge in [-0.1, -0.05) is 6.07 Å². The maximum atomic E-state index is 10.8. The van der Waals surface area contributed by atoms with E-state index in [0.717, 1.165) is 19.4 Å². The Morgan fingerprint density at radius 1 is 1.64 bits per heavy atom. The molecule has 1 aromatic rings. The van der Waals surface area contributed by atoms with E-state index in [2.05, 4.69) is 16.4 Å². The molecule has 0 radical (unpaired) electrons. The molecule has 1 aliphatic rings. The van der Waals surface area contributed by atoms with Crippen LogP contribution in [0.25, 0.3) is 0 Å². The largest absolute Gasteiger partial charge is 0.355 e. The molecule has 0 saturated heterocycles. The molecule has 1 saturated carbocycles. The van der Waals surface area contributed by atoms with Gasteiger partial charge in [-0.05, 0) is 24.5 Å². The first-order valence-corrected chi connectivity index (χ1v) is 4.88. The minimum atomic E-state index is 0.0418. The Hall–Kier alpha value is -1.38. The van der Waals surface area contributed by atoms with Crippen molar-refractivity contribution in [1.29, 1.82) is 0 Å². The third-order valence-electron chi connectivity index (χ3n) is 2.80. The molecule has 0 atom stereocenters. The Morgan fingerprint density at radius 3 is 2.93 bits per heavy atom. The molecule has 1 heterocycles. The molecule has 14 heavy (non-hydrogen) atoms. The first kappa shape index (κ1) is 9.19. The minimum Gasteiger partial charge on any atom is -0.355 e. The average molecular weight is 190 g/mol. The second-order valence-electron chi connectivity index (χ2n) is 3.93. The summed E-state index contributed by atoms with van der Waals surface area (Å²) in [6.07, 6.45) is 5.98. The number of rotatable bonds is 3. The molecule has 0 aliphatic heterocycles. The first-order chi connectivity index (χ1) is 6.73. The molecule has 0 unspecified atom stereocenters. The van der Waals surface area contributed by atoms with Crippen LogP contribution < -0.4 is 5.32 Å². The fourth-order valence-electron chi connectivity index (χ4n) is 1.69. The van der Waals surface area contributed by atoms with Gasteiger partial charge in [0.2, 0.25) is 5.91 Å². The molecule has 1 fully saturated rings. The van der Waals surface area contributed by atoms with E-state index in [1.54, 1.807) is 13.1 Å². The van der Waals surface area contributed by atoms with Crippen LogP contribution in [0.3, 0.4) is 0 Å². The highest BCUT2D eigenvalue weighted by Gasteiger charge is 2.44. The summed E-state index contributed by atoms with van der Waals surface area (Å²) < 4.78 is 0. The number of aromatic nitrogens is 1. The normalized spacial score (nSPS) is 17.5. The van der Waals surface area contributed by atoms with Crippen molar-refractivity contribution in [3.05, 3.63) is 30.1 Å². The van der Waals surface area contributed by atoms with E-state index in [1.165, 1.54) is 5.56 Å². The van der Waals surface area contributed by atoms with Crippen LogP contribution in [0.15, 0.2) is 24.5 Å². The topological polar surface area (TPSA) is 42.0 Å². The lowest BCUT2D eigenvalue weighted by molar-refractivity contribution is -0.119. The second kappa shape index (κ2) is 3.40. The highest BCUT2D eigenvalue weighted by molar-refractivity contribution is 5.73. The lowest BCUT2D eigenvalue weighted by atomic mass is 9.98. The number of nitrogens with zero attached hydrogens (tertiary/aromatic N) is 1. The molecule has 74 valence electrons. The quantitative estimate of drug-likeness (QED) is 0.779. The highest BCUT2D eigenvalue weighted by Crippen LogP contribution is 2.47. The number of hydrogen-bond donors (Lipinski definition) is 1. The SMILES string of the molecule is CC(=O)NCC1(c2cccnc2)CC1. The van der Waals surface area contributed by atoms with Gasteiger partial charge in [0.1, 0.15) is 0 Å². The molecule has 3 heteroatoms. The first-order valence-electron chi connectivity index (χ1n) is 4.88. The fraction of sp³-hybridized carbons (Fsp3) is 0.455. The third-order valence-corrected chi connectivity index (χ3v) is 2.80. The summed E-state index contributed by atoms with van der Waals surface area (Å²) in [5, 5.41) is 2.88. The zero-order valence-electron chi connectivity index (χ0n) is 8.29. The van der Waals surface area contributed by atoms with E-state index in [0.29, 0.717) is 0 Å². The molecule has 2 rings (SSSR count). The zero-order chi connectivity index (χ0) is 10.0. The van der Waals surface area contributed by atoms with E-state index < -0.39 is 0 Å². The van der Waals surface area contributed by atoms with Crippen molar-refractivity contribution >= 4 is 5.91 Å². The number of carbonyl (C=O) groups is 1. The van der Waals surface area contributed by atoms with E-state index in [1.807, 2.05) is 12.3 Å². The molecule has 1 amide bonds. The van der Waals surface area contributed by atoms with Crippen molar-refractivity contribution < 1.29 is 4.79 Å². The summed E-state index contributed by atoms with van der Waals surface area (Å²) in [5.74, 6) is 0.0418. The van der Waals surface area contributed by atoms with Crippen molar-refractivity contribution in [3.8, 4) is 0 Å². The van der Waals surface area contributed by atoms with E-state index in [4.69, 9.17) is 0 Å². The summed E-state index contributed by atoms with van der Waals surface area (Å²) in [5.41, 5.74) is 1.42. The molecule has 3 nitrogen and oxygen atoms in total. The van der Waals surface area contributed by atoms with Gasteiger partial charge in [-0.25, -0.2) is 0 Å². The van der Waals surface area contributed by atoms with Crippen molar-refractivity contribution in [2.75, 3.05) is 6.54 Å². The molecular formula is C11H14N2O. The predicted molar refractivity (Wildman–Crippen MR) is 53.8 cm³/mol. The Morgan fingerprint density at radius 2 is 2.43 bits per heavy atom. The smallest absolute Gasteiger partial charge is 0.216 e. The van der Waals surface area contributed by atoms with Crippen LogP contribution in [0, 0.1) is 0 Å². The van der Waals surface area contributed by atoms with Gasteiger partial charge in [-0.15, -0.1) is 0 Å². The maximum Gasteiger partial charge on any atom is 0.216 e. The van der Waals surface area contributed by atoms with Gasteiger partial charge in [0.25, 0.3) is 0 Å². The molecule has 0 aromatic carbocycles. The van der Waals surface area contributed by atoms with Gasteiger partial charge in [0.15, 0.2) is 0 Å². The molecule has 0 spiro atoms. The maximum absolute atomic E-state index is 10.8. The second-order valence-corrected chi connectivity index (χ2v) is 3.93. The van der Waals surface area contributed by atoms with Crippen LogP contribution in [0.2, 0.25) is 0 Å². The monoisotopic (exact) mass is 190 g/mol. The molecule has 1 aliphatic carbocycles. The van der Waals surface area contributed by atoms with E-state index >= 15 is 0 Å². The summed E-state index contributed by atoms with van der Waals surface area (Å²) >= 11 is 0. The van der Waals surface area contributed by atoms with E-state index in [-0.39, 0.29) is 11.3 Å². The Kier molecular flexibility index (Phi) is 2.23. The van der Waals surface area contributed by atoms with Gasteiger partial charge >= 0.3 is 0 Å². The van der Waals surface area contributed by atoms with Crippen LogP contribution in [0.5, 0.6) is 0 Å². The lowest BCUT2D eigenvalue weighted by Gasteiger charge is -2.14. The van der Waals surface area contributed by atoms with Gasteiger partial charge in [-0.2, -0.15) is 0 Å². The van der Waals surface area contributed by atoms with Crippen LogP contribution in [-0.4, -0.2) is 17.4 Å². The average Bonchev–Trinajstić information content (AvgIpc) is 2.97. The van der Waals surface area contributed by atoms with Gasteiger partial charge < -0.3 is 5.32 Å². The molecule has 0 bridgehead atoms. The number of amides is 1. The Bertz CT molecular complexity index is 330. The Balaban J connectivity index is 2.06. The molecule has 1 aromatic heterocycles. The number of nitrogens with one attached hydrogen (secondary N) is 1. The van der Waals surface area contributed by atoms with Crippen LogP contribution in [0.4, 0.5) is 0 Å².